The van der Waals surface area contributed by atoms with Crippen molar-refractivity contribution in [1.82, 2.24) is 4.98 Å². The molecular formula is C29H25ClN2O6S2. The van der Waals surface area contributed by atoms with E-state index in [0.717, 1.165) is 21.9 Å². The molecule has 1 aromatic heterocycles. The summed E-state index contributed by atoms with van der Waals surface area (Å²) in [5.41, 5.74) is 1.51. The third-order valence-electron chi connectivity index (χ3n) is 8.69. The number of hydrogen-bond donors (Lipinski definition) is 1. The number of hydrogen-bond acceptors (Lipinski definition) is 8. The van der Waals surface area contributed by atoms with Crippen LogP contribution in [0.15, 0.2) is 58.4 Å². The van der Waals surface area contributed by atoms with Crippen molar-refractivity contribution in [2.24, 2.45) is 29.6 Å². The van der Waals surface area contributed by atoms with Crippen LogP contribution in [0.5, 0.6) is 5.75 Å². The summed E-state index contributed by atoms with van der Waals surface area (Å²) >= 11 is 8.91. The first-order valence-electron chi connectivity index (χ1n) is 13.3. The summed E-state index contributed by atoms with van der Waals surface area (Å²) in [7, 11) is 0. The molecule has 2 bridgehead atoms. The van der Waals surface area contributed by atoms with Gasteiger partial charge in [0.1, 0.15) is 5.75 Å². The highest BCUT2D eigenvalue weighted by atomic mass is 35.5. The summed E-state index contributed by atoms with van der Waals surface area (Å²) in [6.07, 6.45) is 0.804. The van der Waals surface area contributed by atoms with Gasteiger partial charge >= 0.3 is 10.8 Å². The number of aromatic amines is 1. The standard InChI is InChI=1S/C29H25ClN2O6S2/c1-2-37-19(33)12-38-16-5-3-4-13(10-16)20-21-17-11-18(24(21)39-26-25(20)40-29(36)31-26)23-22(17)27(34)32(28(23)35)15-8-6-14(30)7-9-15/h3-10,17-18,20-24H,2,11-12H2,1H3,(H,31,36)/t17?,18?,20-,21?,22?,23?,24?/m1/s1. The molecule has 40 heavy (non-hydrogen) atoms. The van der Waals surface area contributed by atoms with Gasteiger partial charge in [-0.05, 0) is 73.1 Å². The number of amides is 2. The smallest absolute Gasteiger partial charge is 0.344 e. The van der Waals surface area contributed by atoms with Crippen LogP contribution in [0.1, 0.15) is 29.7 Å². The van der Waals surface area contributed by atoms with E-state index in [1.54, 1.807) is 49.0 Å². The predicted molar refractivity (Wildman–Crippen MR) is 151 cm³/mol. The number of thioether (sulfide) groups is 1. The molecule has 1 N–H and O–H groups in total. The third kappa shape index (κ3) is 3.94. The number of nitrogens with one attached hydrogen (secondary N) is 1. The van der Waals surface area contributed by atoms with Crippen LogP contribution in [0.4, 0.5) is 5.69 Å². The van der Waals surface area contributed by atoms with Crippen LogP contribution in [-0.2, 0) is 19.1 Å². The average molecular weight is 597 g/mol. The number of aromatic nitrogens is 1. The molecule has 206 valence electrons. The van der Waals surface area contributed by atoms with Crippen molar-refractivity contribution >= 4 is 58.2 Å². The molecule has 7 atom stereocenters. The minimum atomic E-state index is -0.443. The largest absolute Gasteiger partial charge is 0.482 e. The van der Waals surface area contributed by atoms with Crippen molar-refractivity contribution in [2.75, 3.05) is 18.1 Å². The number of imide groups is 1. The van der Waals surface area contributed by atoms with Gasteiger partial charge in [0.15, 0.2) is 6.61 Å². The van der Waals surface area contributed by atoms with E-state index in [4.69, 9.17) is 21.1 Å². The zero-order valence-electron chi connectivity index (χ0n) is 21.4. The number of H-pyrrole nitrogens is 1. The topological polar surface area (TPSA) is 106 Å². The number of benzene rings is 2. The Kier molecular flexibility index (Phi) is 6.32. The van der Waals surface area contributed by atoms with E-state index >= 15 is 0 Å². The number of rotatable bonds is 6. The SMILES string of the molecule is CCOC(=O)COc1cccc([C@H]2c3sc(=O)[nH]c3SC3C4CC(C5C(=O)N(c6ccc(Cl)cc6)C(=O)C45)C32)c1. The highest BCUT2D eigenvalue weighted by Crippen LogP contribution is 2.68. The first-order valence-corrected chi connectivity index (χ1v) is 15.3. The lowest BCUT2D eigenvalue weighted by atomic mass is 9.68. The highest BCUT2D eigenvalue weighted by Gasteiger charge is 2.69. The minimum absolute atomic E-state index is 0.000656. The van der Waals surface area contributed by atoms with Gasteiger partial charge in [-0.2, -0.15) is 0 Å². The van der Waals surface area contributed by atoms with Gasteiger partial charge in [0, 0.05) is 21.1 Å². The van der Waals surface area contributed by atoms with Crippen molar-refractivity contribution in [1.29, 1.82) is 0 Å². The fourth-order valence-corrected chi connectivity index (χ4v) is 10.4. The van der Waals surface area contributed by atoms with Crippen LogP contribution < -0.4 is 14.5 Å². The lowest BCUT2D eigenvalue weighted by Gasteiger charge is -2.43. The first kappa shape index (κ1) is 25.9. The van der Waals surface area contributed by atoms with Crippen LogP contribution in [0.3, 0.4) is 0 Å². The lowest BCUT2D eigenvalue weighted by molar-refractivity contribution is -0.145. The van der Waals surface area contributed by atoms with Gasteiger partial charge in [0.25, 0.3) is 0 Å². The second-order valence-electron chi connectivity index (χ2n) is 10.6. The summed E-state index contributed by atoms with van der Waals surface area (Å²) in [5.74, 6) is -0.995. The zero-order chi connectivity index (χ0) is 27.7. The quantitative estimate of drug-likeness (QED) is 0.324. The predicted octanol–water partition coefficient (Wildman–Crippen LogP) is 4.71. The molecule has 2 saturated carbocycles. The zero-order valence-corrected chi connectivity index (χ0v) is 23.8. The van der Waals surface area contributed by atoms with Gasteiger partial charge in [0.2, 0.25) is 11.8 Å². The van der Waals surface area contributed by atoms with E-state index in [1.807, 2.05) is 18.2 Å². The summed E-state index contributed by atoms with van der Waals surface area (Å²) < 4.78 is 10.7. The fourth-order valence-electron chi connectivity index (χ4n) is 7.38. The number of carbonyl (C=O) groups is 3. The van der Waals surface area contributed by atoms with Crippen LogP contribution in [0.2, 0.25) is 5.02 Å². The van der Waals surface area contributed by atoms with E-state index in [1.165, 1.54) is 16.2 Å². The van der Waals surface area contributed by atoms with E-state index in [2.05, 4.69) is 4.98 Å². The van der Waals surface area contributed by atoms with Crippen LogP contribution >= 0.6 is 34.7 Å². The van der Waals surface area contributed by atoms with Crippen molar-refractivity contribution in [3.05, 3.63) is 73.7 Å². The molecule has 2 amide bonds. The number of ether oxygens (including phenoxy) is 2. The Balaban J connectivity index is 1.25. The molecule has 2 aromatic carbocycles. The third-order valence-corrected chi connectivity index (χ3v) is 11.5. The molecule has 7 rings (SSSR count). The fraction of sp³-hybridized carbons (Fsp3) is 0.379. The van der Waals surface area contributed by atoms with Crippen molar-refractivity contribution in [3.63, 3.8) is 0 Å². The Morgan fingerprint density at radius 3 is 2.58 bits per heavy atom. The number of fused-ring (bicyclic) bond motifs is 9. The summed E-state index contributed by atoms with van der Waals surface area (Å²) in [6.45, 7) is 1.83. The number of esters is 1. The van der Waals surface area contributed by atoms with Gasteiger partial charge in [-0.25, -0.2) is 4.79 Å². The van der Waals surface area contributed by atoms with E-state index in [-0.39, 0.29) is 64.7 Å². The number of nitrogens with zero attached hydrogens (tertiary/aromatic N) is 1. The maximum Gasteiger partial charge on any atom is 0.344 e. The van der Waals surface area contributed by atoms with E-state index in [0.29, 0.717) is 16.5 Å². The van der Waals surface area contributed by atoms with Gasteiger partial charge < -0.3 is 14.5 Å². The number of thiazole rings is 1. The average Bonchev–Trinajstić information content (AvgIpc) is 3.67. The molecule has 0 spiro atoms. The summed E-state index contributed by atoms with van der Waals surface area (Å²) in [5, 5.41) is 1.47. The molecular weight excluding hydrogens is 572 g/mol. The molecule has 1 saturated heterocycles. The lowest BCUT2D eigenvalue weighted by Crippen LogP contribution is -2.42. The normalized spacial score (nSPS) is 29.8. The molecule has 4 aliphatic rings. The van der Waals surface area contributed by atoms with E-state index in [9.17, 15) is 19.2 Å². The molecule has 3 fully saturated rings. The van der Waals surface area contributed by atoms with Gasteiger partial charge in [0.05, 0.1) is 29.2 Å². The molecule has 6 unspecified atom stereocenters. The maximum atomic E-state index is 13.8. The Morgan fingerprint density at radius 2 is 1.82 bits per heavy atom. The molecule has 3 heterocycles. The van der Waals surface area contributed by atoms with Crippen LogP contribution in [0.25, 0.3) is 0 Å². The molecule has 0 radical (unpaired) electrons. The highest BCUT2D eigenvalue weighted by molar-refractivity contribution is 8.00. The first-order chi connectivity index (χ1) is 19.4. The number of carbonyl (C=O) groups excluding carboxylic acids is 3. The van der Waals surface area contributed by atoms with Gasteiger partial charge in [-0.1, -0.05) is 35.1 Å². The molecule has 2 aliphatic carbocycles. The minimum Gasteiger partial charge on any atom is -0.482 e. The summed E-state index contributed by atoms with van der Waals surface area (Å²) in [6, 6.07) is 14.4. The molecule has 2 aliphatic heterocycles. The number of halogens is 1. The van der Waals surface area contributed by atoms with Crippen molar-refractivity contribution in [2.45, 2.75) is 29.5 Å². The van der Waals surface area contributed by atoms with Crippen LogP contribution in [0, 0.1) is 29.6 Å². The Morgan fingerprint density at radius 1 is 1.07 bits per heavy atom. The Bertz CT molecular complexity index is 1590. The second kappa shape index (κ2) is 9.78. The molecule has 8 nitrogen and oxygen atoms in total. The van der Waals surface area contributed by atoms with Crippen molar-refractivity contribution in [3.8, 4) is 5.75 Å². The Hall–Kier alpha value is -3.08. The monoisotopic (exact) mass is 596 g/mol. The van der Waals surface area contributed by atoms with E-state index < -0.39 is 11.9 Å². The maximum absolute atomic E-state index is 13.8. The van der Waals surface area contributed by atoms with Gasteiger partial charge in [-0.3, -0.25) is 19.3 Å². The van der Waals surface area contributed by atoms with Gasteiger partial charge in [-0.15, -0.1) is 11.8 Å². The van der Waals surface area contributed by atoms with Crippen molar-refractivity contribution < 1.29 is 23.9 Å². The Labute approximate surface area is 243 Å². The van der Waals surface area contributed by atoms with Crippen LogP contribution in [-0.4, -0.2) is 41.2 Å². The molecule has 3 aromatic rings. The number of anilines is 1. The molecule has 11 heteroatoms. The second-order valence-corrected chi connectivity index (χ2v) is 13.3. The summed E-state index contributed by atoms with van der Waals surface area (Å²) in [4.78, 5) is 57.1.